The lowest BCUT2D eigenvalue weighted by molar-refractivity contribution is -0.275. The van der Waals surface area contributed by atoms with Crippen LogP contribution in [0.25, 0.3) is 0 Å². The van der Waals surface area contributed by atoms with Gasteiger partial charge in [-0.2, -0.15) is 5.26 Å². The highest BCUT2D eigenvalue weighted by molar-refractivity contribution is 5.74. The van der Waals surface area contributed by atoms with Gasteiger partial charge >= 0.3 is 12.3 Å². The monoisotopic (exact) mass is 323 g/mol. The molecular weight excluding hydrogens is 313 g/mol. The minimum Gasteiger partial charge on any atom is -0.466 e. The van der Waals surface area contributed by atoms with Crippen molar-refractivity contribution in [2.45, 2.75) is 26.1 Å². The molecule has 0 aliphatic heterocycles. The van der Waals surface area contributed by atoms with E-state index >= 15 is 0 Å². The molecule has 0 heterocycles. The van der Waals surface area contributed by atoms with Crippen LogP contribution in [0.4, 0.5) is 22.0 Å². The number of halogens is 5. The number of benzene rings is 1. The van der Waals surface area contributed by atoms with Gasteiger partial charge in [0.25, 0.3) is 6.43 Å². The molecule has 1 aromatic carbocycles. The Hall–Kier alpha value is -2.37. The molecule has 0 atom stereocenters. The van der Waals surface area contributed by atoms with Crippen molar-refractivity contribution in [2.75, 3.05) is 6.61 Å². The van der Waals surface area contributed by atoms with E-state index in [0.717, 1.165) is 0 Å². The van der Waals surface area contributed by atoms with Crippen LogP contribution in [0, 0.1) is 11.3 Å². The van der Waals surface area contributed by atoms with Crippen LogP contribution in [0.2, 0.25) is 0 Å². The van der Waals surface area contributed by atoms with Gasteiger partial charge in [-0.05, 0) is 19.1 Å². The number of alkyl halides is 5. The van der Waals surface area contributed by atoms with Gasteiger partial charge in [0.1, 0.15) is 5.75 Å². The van der Waals surface area contributed by atoms with Crippen molar-refractivity contribution in [1.82, 2.24) is 0 Å². The molecule has 0 amide bonds. The van der Waals surface area contributed by atoms with Gasteiger partial charge in [-0.1, -0.05) is 0 Å². The van der Waals surface area contributed by atoms with Crippen molar-refractivity contribution in [3.8, 4) is 11.8 Å². The molecule has 22 heavy (non-hydrogen) atoms. The Balaban J connectivity index is 3.39. The first kappa shape index (κ1) is 17.7. The zero-order chi connectivity index (χ0) is 16.9. The first-order chi connectivity index (χ1) is 10.2. The van der Waals surface area contributed by atoms with Crippen molar-refractivity contribution >= 4 is 5.97 Å². The fourth-order valence-electron chi connectivity index (χ4n) is 1.69. The summed E-state index contributed by atoms with van der Waals surface area (Å²) in [5.41, 5.74) is -1.99. The second-order valence-corrected chi connectivity index (χ2v) is 3.98. The van der Waals surface area contributed by atoms with Crippen molar-refractivity contribution < 1.29 is 36.2 Å². The summed E-state index contributed by atoms with van der Waals surface area (Å²) >= 11 is 0. The molecule has 0 unspecified atom stereocenters. The summed E-state index contributed by atoms with van der Waals surface area (Å²) in [7, 11) is 0. The zero-order valence-corrected chi connectivity index (χ0v) is 11.2. The minimum atomic E-state index is -5.16. The molecule has 0 aromatic heterocycles. The number of rotatable bonds is 5. The molecule has 0 aliphatic carbocycles. The van der Waals surface area contributed by atoms with Gasteiger partial charge in [-0.25, -0.2) is 8.78 Å². The molecule has 0 N–H and O–H groups in total. The van der Waals surface area contributed by atoms with Crippen LogP contribution in [0.15, 0.2) is 12.1 Å². The summed E-state index contributed by atoms with van der Waals surface area (Å²) in [6.45, 7) is 1.40. The van der Waals surface area contributed by atoms with Gasteiger partial charge in [0.2, 0.25) is 0 Å². The molecule has 0 spiro atoms. The lowest BCUT2D eigenvalue weighted by Gasteiger charge is -2.16. The number of ether oxygens (including phenoxy) is 2. The fraction of sp³-hybridized carbons (Fsp3) is 0.385. The van der Waals surface area contributed by atoms with Crippen LogP contribution >= 0.6 is 0 Å². The van der Waals surface area contributed by atoms with E-state index in [0.29, 0.717) is 12.1 Å². The van der Waals surface area contributed by atoms with Crippen LogP contribution in [0.5, 0.6) is 5.75 Å². The smallest absolute Gasteiger partial charge is 0.466 e. The van der Waals surface area contributed by atoms with E-state index in [1.54, 1.807) is 0 Å². The molecule has 1 aromatic rings. The maximum atomic E-state index is 13.0. The van der Waals surface area contributed by atoms with E-state index in [4.69, 9.17) is 5.26 Å². The summed E-state index contributed by atoms with van der Waals surface area (Å²) in [5, 5.41) is 8.70. The summed E-state index contributed by atoms with van der Waals surface area (Å²) < 4.78 is 71.3. The second kappa shape index (κ2) is 7.06. The Morgan fingerprint density at radius 1 is 1.36 bits per heavy atom. The molecule has 4 nitrogen and oxygen atoms in total. The zero-order valence-electron chi connectivity index (χ0n) is 11.2. The molecule has 0 aliphatic rings. The summed E-state index contributed by atoms with van der Waals surface area (Å²) in [6.07, 6.45) is -9.17. The Bertz CT molecular complexity index is 593. The van der Waals surface area contributed by atoms with Crippen LogP contribution in [0.3, 0.4) is 0 Å². The number of hydrogen-bond donors (Lipinski definition) is 0. The van der Waals surface area contributed by atoms with Crippen LogP contribution in [0.1, 0.15) is 30.0 Å². The van der Waals surface area contributed by atoms with Crippen LogP contribution in [-0.4, -0.2) is 18.9 Å². The van der Waals surface area contributed by atoms with Crippen molar-refractivity contribution in [3.05, 3.63) is 28.8 Å². The summed E-state index contributed by atoms with van der Waals surface area (Å²) in [5.74, 6) is -2.00. The normalized spacial score (nSPS) is 11.2. The highest BCUT2D eigenvalue weighted by Crippen LogP contribution is 2.35. The largest absolute Gasteiger partial charge is 0.573 e. The number of carbonyl (C=O) groups excluding carboxylic acids is 1. The lowest BCUT2D eigenvalue weighted by atomic mass is 10.0. The van der Waals surface area contributed by atoms with Crippen molar-refractivity contribution in [2.24, 2.45) is 0 Å². The van der Waals surface area contributed by atoms with Gasteiger partial charge in [0, 0.05) is 11.1 Å². The highest BCUT2D eigenvalue weighted by atomic mass is 19.4. The van der Waals surface area contributed by atoms with E-state index in [1.807, 2.05) is 0 Å². The quantitative estimate of drug-likeness (QED) is 0.615. The Labute approximate surface area is 122 Å². The molecule has 120 valence electrons. The molecular formula is C13H10F5NO3. The van der Waals surface area contributed by atoms with Gasteiger partial charge in [-0.3, -0.25) is 4.79 Å². The molecule has 9 heteroatoms. The highest BCUT2D eigenvalue weighted by Gasteiger charge is 2.34. The number of nitriles is 1. The number of nitrogens with zero attached hydrogens (tertiary/aromatic N) is 1. The average molecular weight is 323 g/mol. The topological polar surface area (TPSA) is 59.3 Å². The third kappa shape index (κ3) is 4.87. The van der Waals surface area contributed by atoms with E-state index in [-0.39, 0.29) is 6.61 Å². The van der Waals surface area contributed by atoms with Gasteiger partial charge < -0.3 is 9.47 Å². The maximum Gasteiger partial charge on any atom is 0.573 e. The van der Waals surface area contributed by atoms with E-state index < -0.39 is 47.6 Å². The van der Waals surface area contributed by atoms with Crippen molar-refractivity contribution in [1.29, 1.82) is 5.26 Å². The van der Waals surface area contributed by atoms with Crippen LogP contribution < -0.4 is 4.74 Å². The van der Waals surface area contributed by atoms with Gasteiger partial charge in [0.15, 0.2) is 0 Å². The van der Waals surface area contributed by atoms with Gasteiger partial charge in [-0.15, -0.1) is 13.2 Å². The summed E-state index contributed by atoms with van der Waals surface area (Å²) in [6, 6.07) is 2.81. The lowest BCUT2D eigenvalue weighted by Crippen LogP contribution is -2.20. The molecule has 1 rings (SSSR count). The van der Waals surface area contributed by atoms with E-state index in [1.165, 1.54) is 13.0 Å². The molecule has 0 fully saturated rings. The standard InChI is InChI=1S/C13H10F5NO3/c1-2-21-11(20)5-8-9(12(14)15)3-7(6-19)4-10(8)22-13(16,17)18/h3-4,12H,2,5H2,1H3. The predicted molar refractivity (Wildman–Crippen MR) is 63.1 cm³/mol. The fourth-order valence-corrected chi connectivity index (χ4v) is 1.69. The third-order valence-electron chi connectivity index (χ3n) is 2.46. The van der Waals surface area contributed by atoms with Crippen LogP contribution in [-0.2, 0) is 16.0 Å². The number of hydrogen-bond acceptors (Lipinski definition) is 4. The molecule has 0 saturated heterocycles. The van der Waals surface area contributed by atoms with E-state index in [2.05, 4.69) is 9.47 Å². The SMILES string of the molecule is CCOC(=O)Cc1c(OC(F)(F)F)cc(C#N)cc1C(F)F. The molecule has 0 saturated carbocycles. The first-order valence-electron chi connectivity index (χ1n) is 5.94. The number of carbonyl (C=O) groups is 1. The second-order valence-electron chi connectivity index (χ2n) is 3.98. The third-order valence-corrected chi connectivity index (χ3v) is 2.46. The maximum absolute atomic E-state index is 13.0. The first-order valence-corrected chi connectivity index (χ1v) is 5.94. The summed E-state index contributed by atoms with van der Waals surface area (Å²) in [4.78, 5) is 11.4. The predicted octanol–water partition coefficient (Wildman–Crippen LogP) is 3.50. The minimum absolute atomic E-state index is 0.0609. The Morgan fingerprint density at radius 2 is 2.00 bits per heavy atom. The van der Waals surface area contributed by atoms with Crippen molar-refractivity contribution in [3.63, 3.8) is 0 Å². The Morgan fingerprint density at radius 3 is 2.45 bits per heavy atom. The molecule has 0 radical (unpaired) electrons. The molecule has 0 bridgehead atoms. The Kier molecular flexibility index (Phi) is 5.68. The number of esters is 1. The van der Waals surface area contributed by atoms with Gasteiger partial charge in [0.05, 0.1) is 24.7 Å². The van der Waals surface area contributed by atoms with E-state index in [9.17, 15) is 26.7 Å². The average Bonchev–Trinajstić information content (AvgIpc) is 2.38.